The molecule has 0 bridgehead atoms. The highest BCUT2D eigenvalue weighted by Gasteiger charge is 2.23. The maximum absolute atomic E-state index is 12.6. The van der Waals surface area contributed by atoms with Gasteiger partial charge in [-0.2, -0.15) is 0 Å². The molecule has 0 spiro atoms. The number of sulfonamides is 1. The monoisotopic (exact) mass is 384 g/mol. The number of non-ortho nitro benzene ring substituents is 1. The number of aromatic hydroxyl groups is 1. The summed E-state index contributed by atoms with van der Waals surface area (Å²) in [4.78, 5) is 9.95. The number of anilines is 1. The highest BCUT2D eigenvalue weighted by atomic mass is 35.5. The second-order valence-corrected chi connectivity index (χ2v) is 7.89. The molecular formula is C16H17ClN2O5S. The Morgan fingerprint density at radius 2 is 1.92 bits per heavy atom. The molecule has 0 aromatic heterocycles. The third-order valence-electron chi connectivity index (χ3n) is 3.63. The molecule has 2 aromatic carbocycles. The van der Waals surface area contributed by atoms with Gasteiger partial charge in [-0.15, -0.1) is 0 Å². The first-order chi connectivity index (χ1) is 11.5. The van der Waals surface area contributed by atoms with Gasteiger partial charge in [-0.3, -0.25) is 14.8 Å². The van der Waals surface area contributed by atoms with E-state index in [1.54, 1.807) is 20.8 Å². The molecule has 0 aliphatic rings. The molecule has 2 aromatic rings. The summed E-state index contributed by atoms with van der Waals surface area (Å²) < 4.78 is 27.7. The molecule has 0 heterocycles. The number of aryl methyl sites for hydroxylation is 1. The number of halogens is 1. The molecule has 7 nitrogen and oxygen atoms in total. The standard InChI is InChI=1S/C16H17ClN2O5S/c1-9(2)14-13(7-10(3)16(20)15(14)17)18-25(23,24)12-6-4-5-11(8-12)19(21)22/h4-9,18,20H,1-3H3. The number of hydrogen-bond acceptors (Lipinski definition) is 5. The molecule has 25 heavy (non-hydrogen) atoms. The number of nitro groups is 1. The second-order valence-electron chi connectivity index (χ2n) is 5.83. The lowest BCUT2D eigenvalue weighted by Crippen LogP contribution is -2.15. The molecule has 9 heteroatoms. The van der Waals surface area contributed by atoms with Crippen molar-refractivity contribution in [2.45, 2.75) is 31.6 Å². The first kappa shape index (κ1) is 19.0. The minimum atomic E-state index is -4.07. The maximum Gasteiger partial charge on any atom is 0.270 e. The average molecular weight is 385 g/mol. The first-order valence-corrected chi connectivity index (χ1v) is 9.20. The van der Waals surface area contributed by atoms with Crippen molar-refractivity contribution < 1.29 is 18.4 Å². The Hall–Kier alpha value is -2.32. The number of hydrogen-bond donors (Lipinski definition) is 2. The first-order valence-electron chi connectivity index (χ1n) is 7.34. The SMILES string of the molecule is Cc1cc(NS(=O)(=O)c2cccc([N+](=O)[O-])c2)c(C(C)C)c(Cl)c1O. The zero-order valence-corrected chi connectivity index (χ0v) is 15.4. The van der Waals surface area contributed by atoms with Gasteiger partial charge in [0.05, 0.1) is 20.5 Å². The lowest BCUT2D eigenvalue weighted by Gasteiger charge is -2.19. The Balaban J connectivity index is 2.55. The Bertz CT molecular complexity index is 942. The van der Waals surface area contributed by atoms with E-state index in [1.807, 2.05) is 0 Å². The van der Waals surface area contributed by atoms with Crippen LogP contribution in [-0.2, 0) is 10.0 Å². The van der Waals surface area contributed by atoms with Crippen LogP contribution in [0.15, 0.2) is 35.2 Å². The molecule has 134 valence electrons. The topological polar surface area (TPSA) is 110 Å². The van der Waals surface area contributed by atoms with Crippen LogP contribution in [-0.4, -0.2) is 18.4 Å². The summed E-state index contributed by atoms with van der Waals surface area (Å²) in [5, 5.41) is 20.9. The molecule has 0 saturated carbocycles. The zero-order chi connectivity index (χ0) is 18.9. The van der Waals surface area contributed by atoms with E-state index in [9.17, 15) is 23.6 Å². The zero-order valence-electron chi connectivity index (χ0n) is 13.8. The van der Waals surface area contributed by atoms with Crippen LogP contribution < -0.4 is 4.72 Å². The largest absolute Gasteiger partial charge is 0.506 e. The second kappa shape index (κ2) is 6.89. The number of phenolic OH excluding ortho intramolecular Hbond substituents is 1. The Kier molecular flexibility index (Phi) is 5.24. The number of benzene rings is 2. The molecule has 0 aliphatic heterocycles. The number of nitrogens with one attached hydrogen (secondary N) is 1. The minimum Gasteiger partial charge on any atom is -0.506 e. The lowest BCUT2D eigenvalue weighted by molar-refractivity contribution is -0.385. The van der Waals surface area contributed by atoms with E-state index in [1.165, 1.54) is 24.3 Å². The summed E-state index contributed by atoms with van der Waals surface area (Å²) in [6.45, 7) is 5.21. The van der Waals surface area contributed by atoms with Gasteiger partial charge in [0.15, 0.2) is 0 Å². The van der Waals surface area contributed by atoms with E-state index in [-0.39, 0.29) is 33.0 Å². The fraction of sp³-hybridized carbons (Fsp3) is 0.250. The summed E-state index contributed by atoms with van der Waals surface area (Å²) in [7, 11) is -4.07. The normalized spacial score (nSPS) is 11.6. The molecule has 0 radical (unpaired) electrons. The van der Waals surface area contributed by atoms with E-state index in [4.69, 9.17) is 11.6 Å². The number of nitro benzene ring substituents is 1. The average Bonchev–Trinajstić information content (AvgIpc) is 2.52. The van der Waals surface area contributed by atoms with Gasteiger partial charge in [0.2, 0.25) is 0 Å². The van der Waals surface area contributed by atoms with Crippen molar-refractivity contribution in [1.82, 2.24) is 0 Å². The van der Waals surface area contributed by atoms with Crippen molar-refractivity contribution in [3.05, 3.63) is 56.6 Å². The van der Waals surface area contributed by atoms with Gasteiger partial charge in [0, 0.05) is 17.7 Å². The summed E-state index contributed by atoms with van der Waals surface area (Å²) in [5.41, 5.74) is 0.749. The van der Waals surface area contributed by atoms with Crippen molar-refractivity contribution >= 4 is 33.0 Å². The van der Waals surface area contributed by atoms with Crippen molar-refractivity contribution in [2.24, 2.45) is 0 Å². The number of nitrogens with zero attached hydrogens (tertiary/aromatic N) is 1. The Morgan fingerprint density at radius 1 is 1.28 bits per heavy atom. The third-order valence-corrected chi connectivity index (χ3v) is 5.38. The molecule has 0 saturated heterocycles. The van der Waals surface area contributed by atoms with Crippen LogP contribution in [0.25, 0.3) is 0 Å². The highest BCUT2D eigenvalue weighted by molar-refractivity contribution is 7.92. The van der Waals surface area contributed by atoms with E-state index in [0.717, 1.165) is 6.07 Å². The van der Waals surface area contributed by atoms with Crippen LogP contribution in [0.2, 0.25) is 5.02 Å². The number of rotatable bonds is 5. The van der Waals surface area contributed by atoms with Crippen molar-refractivity contribution in [3.8, 4) is 5.75 Å². The summed E-state index contributed by atoms with van der Waals surface area (Å²) in [5.74, 6) is -0.273. The van der Waals surface area contributed by atoms with Gasteiger partial charge in [-0.1, -0.05) is 31.5 Å². The molecule has 0 fully saturated rings. The summed E-state index contributed by atoms with van der Waals surface area (Å²) >= 11 is 6.17. The van der Waals surface area contributed by atoms with Crippen LogP contribution >= 0.6 is 11.6 Å². The van der Waals surface area contributed by atoms with Gasteiger partial charge >= 0.3 is 0 Å². The van der Waals surface area contributed by atoms with Gasteiger partial charge < -0.3 is 5.11 Å². The van der Waals surface area contributed by atoms with Gasteiger partial charge in [-0.25, -0.2) is 8.42 Å². The van der Waals surface area contributed by atoms with Gasteiger partial charge in [0.25, 0.3) is 15.7 Å². The summed E-state index contributed by atoms with van der Waals surface area (Å²) in [6.07, 6.45) is 0. The molecule has 0 amide bonds. The molecule has 2 N–H and O–H groups in total. The van der Waals surface area contributed by atoms with Crippen LogP contribution in [0, 0.1) is 17.0 Å². The smallest absolute Gasteiger partial charge is 0.270 e. The van der Waals surface area contributed by atoms with Crippen molar-refractivity contribution in [1.29, 1.82) is 0 Å². The van der Waals surface area contributed by atoms with Gasteiger partial charge in [0.1, 0.15) is 5.75 Å². The van der Waals surface area contributed by atoms with E-state index in [2.05, 4.69) is 4.72 Å². The molecule has 2 rings (SSSR count). The van der Waals surface area contributed by atoms with E-state index >= 15 is 0 Å². The van der Waals surface area contributed by atoms with Crippen molar-refractivity contribution in [3.63, 3.8) is 0 Å². The molecule has 0 unspecified atom stereocenters. The quantitative estimate of drug-likeness (QED) is 0.456. The third kappa shape index (κ3) is 3.85. The fourth-order valence-corrected chi connectivity index (χ4v) is 3.98. The number of phenols is 1. The molecule has 0 atom stereocenters. The minimum absolute atomic E-state index is 0.0757. The summed E-state index contributed by atoms with van der Waals surface area (Å²) in [6, 6.07) is 6.22. The van der Waals surface area contributed by atoms with E-state index in [0.29, 0.717) is 11.1 Å². The van der Waals surface area contributed by atoms with Gasteiger partial charge in [-0.05, 0) is 30.5 Å². The molecule has 0 aliphatic carbocycles. The van der Waals surface area contributed by atoms with Crippen molar-refractivity contribution in [2.75, 3.05) is 4.72 Å². The predicted octanol–water partition coefficient (Wildman–Crippen LogP) is 4.19. The Labute approximate surface area is 150 Å². The highest BCUT2D eigenvalue weighted by Crippen LogP contribution is 2.40. The fourth-order valence-electron chi connectivity index (χ4n) is 2.40. The van der Waals surface area contributed by atoms with E-state index < -0.39 is 14.9 Å². The van der Waals surface area contributed by atoms with Crippen LogP contribution in [0.4, 0.5) is 11.4 Å². The van der Waals surface area contributed by atoms with Crippen LogP contribution in [0.1, 0.15) is 30.9 Å². The van der Waals surface area contributed by atoms with Crippen LogP contribution in [0.3, 0.4) is 0 Å². The predicted molar refractivity (Wildman–Crippen MR) is 95.8 cm³/mol. The molecular weight excluding hydrogens is 368 g/mol. The van der Waals surface area contributed by atoms with Crippen LogP contribution in [0.5, 0.6) is 5.75 Å². The Morgan fingerprint density at radius 3 is 2.48 bits per heavy atom. The maximum atomic E-state index is 12.6. The lowest BCUT2D eigenvalue weighted by atomic mass is 9.99.